The molecule has 2 unspecified atom stereocenters. The molecule has 0 spiro atoms. The van der Waals surface area contributed by atoms with Gasteiger partial charge in [0, 0.05) is 6.42 Å². The smallest absolute Gasteiger partial charge is 0.115 e. The molecule has 2 heteroatoms. The van der Waals surface area contributed by atoms with Crippen LogP contribution in [-0.4, -0.2) is 15.8 Å². The number of hydrogen-bond acceptors (Lipinski definition) is 2. The Kier molecular flexibility index (Phi) is 3.41. The lowest BCUT2D eigenvalue weighted by Crippen LogP contribution is -2.45. The topological polar surface area (TPSA) is 40.5 Å². The molecule has 0 amide bonds. The van der Waals surface area contributed by atoms with E-state index in [4.69, 9.17) is 0 Å². The highest BCUT2D eigenvalue weighted by molar-refractivity contribution is 5.27. The third-order valence-electron chi connectivity index (χ3n) is 4.46. The lowest BCUT2D eigenvalue weighted by atomic mass is 9.64. The van der Waals surface area contributed by atoms with Gasteiger partial charge in [-0.2, -0.15) is 0 Å². The lowest BCUT2D eigenvalue weighted by Gasteiger charge is -2.45. The second kappa shape index (κ2) is 4.58. The molecule has 2 atom stereocenters. The molecule has 0 radical (unpaired) electrons. The van der Waals surface area contributed by atoms with Crippen molar-refractivity contribution in [2.45, 2.75) is 52.1 Å². The van der Waals surface area contributed by atoms with Crippen LogP contribution in [0.5, 0.6) is 5.75 Å². The Morgan fingerprint density at radius 2 is 1.78 bits per heavy atom. The fourth-order valence-corrected chi connectivity index (χ4v) is 3.15. The highest BCUT2D eigenvalue weighted by atomic mass is 16.3. The van der Waals surface area contributed by atoms with Crippen molar-refractivity contribution in [3.8, 4) is 5.75 Å². The minimum Gasteiger partial charge on any atom is -0.508 e. The average Bonchev–Trinajstić information content (AvgIpc) is 2.28. The van der Waals surface area contributed by atoms with E-state index in [1.54, 1.807) is 12.1 Å². The second-order valence-electron chi connectivity index (χ2n) is 6.72. The summed E-state index contributed by atoms with van der Waals surface area (Å²) in [4.78, 5) is 0. The van der Waals surface area contributed by atoms with Gasteiger partial charge < -0.3 is 10.2 Å². The molecule has 2 N–H and O–H groups in total. The Hall–Kier alpha value is -1.02. The molecule has 100 valence electrons. The van der Waals surface area contributed by atoms with E-state index in [1.165, 1.54) is 0 Å². The summed E-state index contributed by atoms with van der Waals surface area (Å²) in [6.07, 6.45) is 3.69. The van der Waals surface area contributed by atoms with Crippen LogP contribution in [0.3, 0.4) is 0 Å². The van der Waals surface area contributed by atoms with Crippen molar-refractivity contribution in [2.75, 3.05) is 0 Å². The summed E-state index contributed by atoms with van der Waals surface area (Å²) in [5, 5.41) is 20.1. The van der Waals surface area contributed by atoms with Crippen LogP contribution < -0.4 is 0 Å². The fourth-order valence-electron chi connectivity index (χ4n) is 3.15. The van der Waals surface area contributed by atoms with E-state index in [9.17, 15) is 10.2 Å². The van der Waals surface area contributed by atoms with Crippen LogP contribution in [0, 0.1) is 11.3 Å². The number of rotatable bonds is 2. The van der Waals surface area contributed by atoms with E-state index in [1.807, 2.05) is 12.1 Å². The Morgan fingerprint density at radius 3 is 2.33 bits per heavy atom. The van der Waals surface area contributed by atoms with Gasteiger partial charge in [0.25, 0.3) is 0 Å². The highest BCUT2D eigenvalue weighted by Crippen LogP contribution is 2.45. The van der Waals surface area contributed by atoms with Crippen LogP contribution in [0.2, 0.25) is 0 Å². The molecule has 1 aliphatic carbocycles. The molecule has 1 aromatic carbocycles. The van der Waals surface area contributed by atoms with Gasteiger partial charge in [-0.05, 0) is 48.3 Å². The minimum atomic E-state index is -0.591. The normalized spacial score (nSPS) is 31.2. The highest BCUT2D eigenvalue weighted by Gasteiger charge is 2.42. The number of benzene rings is 1. The first-order chi connectivity index (χ1) is 8.31. The molecule has 0 aliphatic heterocycles. The van der Waals surface area contributed by atoms with E-state index < -0.39 is 5.60 Å². The quantitative estimate of drug-likeness (QED) is 0.840. The molecule has 2 nitrogen and oxygen atoms in total. The van der Waals surface area contributed by atoms with Crippen molar-refractivity contribution >= 4 is 0 Å². The molecule has 2 rings (SSSR count). The van der Waals surface area contributed by atoms with Crippen LogP contribution >= 0.6 is 0 Å². The number of aromatic hydroxyl groups is 1. The first kappa shape index (κ1) is 13.4. The third kappa shape index (κ3) is 2.86. The largest absolute Gasteiger partial charge is 0.508 e. The Morgan fingerprint density at radius 1 is 1.17 bits per heavy atom. The van der Waals surface area contributed by atoms with Gasteiger partial charge in [0.2, 0.25) is 0 Å². The van der Waals surface area contributed by atoms with Crippen LogP contribution in [0.1, 0.15) is 45.6 Å². The number of phenolic OH excluding ortho intramolecular Hbond substituents is 1. The molecule has 0 heterocycles. The zero-order chi connectivity index (χ0) is 13.4. The molecule has 1 aromatic rings. The van der Waals surface area contributed by atoms with Crippen molar-refractivity contribution in [3.05, 3.63) is 29.8 Å². The van der Waals surface area contributed by atoms with Gasteiger partial charge >= 0.3 is 0 Å². The zero-order valence-electron chi connectivity index (χ0n) is 11.6. The van der Waals surface area contributed by atoms with E-state index >= 15 is 0 Å². The molecule has 1 aliphatic rings. The standard InChI is InChI=1S/C16H24O2/c1-12-10-15(2,3)8-9-16(12,18)11-13-4-6-14(17)7-5-13/h4-7,12,17-18H,8-11H2,1-3H3. The van der Waals surface area contributed by atoms with Gasteiger partial charge in [0.1, 0.15) is 5.75 Å². The van der Waals surface area contributed by atoms with Gasteiger partial charge in [-0.25, -0.2) is 0 Å². The summed E-state index contributed by atoms with van der Waals surface area (Å²) in [7, 11) is 0. The van der Waals surface area contributed by atoms with Crippen molar-refractivity contribution in [3.63, 3.8) is 0 Å². The predicted molar refractivity (Wildman–Crippen MR) is 73.6 cm³/mol. The van der Waals surface area contributed by atoms with Gasteiger partial charge in [-0.15, -0.1) is 0 Å². The molecule has 1 fully saturated rings. The first-order valence-electron chi connectivity index (χ1n) is 6.81. The molecule has 1 saturated carbocycles. The van der Waals surface area contributed by atoms with Crippen molar-refractivity contribution < 1.29 is 10.2 Å². The van der Waals surface area contributed by atoms with Gasteiger partial charge in [-0.3, -0.25) is 0 Å². The molecular weight excluding hydrogens is 224 g/mol. The maximum atomic E-state index is 10.8. The van der Waals surface area contributed by atoms with Crippen LogP contribution in [-0.2, 0) is 6.42 Å². The monoisotopic (exact) mass is 248 g/mol. The van der Waals surface area contributed by atoms with E-state index in [2.05, 4.69) is 20.8 Å². The van der Waals surface area contributed by atoms with Crippen molar-refractivity contribution in [1.29, 1.82) is 0 Å². The Bertz CT molecular complexity index is 408. The molecule has 18 heavy (non-hydrogen) atoms. The molecule has 0 saturated heterocycles. The SMILES string of the molecule is CC1CC(C)(C)CCC1(O)Cc1ccc(O)cc1. The van der Waals surface area contributed by atoms with Crippen LogP contribution in [0.15, 0.2) is 24.3 Å². The molecule has 0 aromatic heterocycles. The van der Waals surface area contributed by atoms with Crippen molar-refractivity contribution in [1.82, 2.24) is 0 Å². The summed E-state index contributed by atoms with van der Waals surface area (Å²) in [6, 6.07) is 7.19. The Labute approximate surface area is 110 Å². The summed E-state index contributed by atoms with van der Waals surface area (Å²) < 4.78 is 0. The second-order valence-corrected chi connectivity index (χ2v) is 6.72. The number of hydrogen-bond donors (Lipinski definition) is 2. The maximum Gasteiger partial charge on any atom is 0.115 e. The molecule has 0 bridgehead atoms. The zero-order valence-corrected chi connectivity index (χ0v) is 11.6. The summed E-state index contributed by atoms with van der Waals surface area (Å²) in [5.41, 5.74) is 0.856. The van der Waals surface area contributed by atoms with E-state index in [-0.39, 0.29) is 5.75 Å². The maximum absolute atomic E-state index is 10.8. The first-order valence-corrected chi connectivity index (χ1v) is 6.81. The minimum absolute atomic E-state index is 0.281. The van der Waals surface area contributed by atoms with Gasteiger partial charge in [0.15, 0.2) is 0 Å². The van der Waals surface area contributed by atoms with Gasteiger partial charge in [0.05, 0.1) is 5.60 Å². The van der Waals surface area contributed by atoms with E-state index in [0.717, 1.165) is 24.8 Å². The summed E-state index contributed by atoms with van der Waals surface area (Å²) >= 11 is 0. The lowest BCUT2D eigenvalue weighted by molar-refractivity contribution is -0.0704. The van der Waals surface area contributed by atoms with E-state index in [0.29, 0.717) is 17.8 Å². The predicted octanol–water partition coefficient (Wildman–Crippen LogP) is 3.51. The number of phenols is 1. The van der Waals surface area contributed by atoms with Crippen LogP contribution in [0.4, 0.5) is 0 Å². The third-order valence-corrected chi connectivity index (χ3v) is 4.46. The Balaban J connectivity index is 2.10. The number of aliphatic hydroxyl groups is 1. The van der Waals surface area contributed by atoms with Crippen molar-refractivity contribution in [2.24, 2.45) is 11.3 Å². The fraction of sp³-hybridized carbons (Fsp3) is 0.625. The summed E-state index contributed by atoms with van der Waals surface area (Å²) in [5.74, 6) is 0.596. The molecular formula is C16H24O2. The van der Waals surface area contributed by atoms with Gasteiger partial charge in [-0.1, -0.05) is 32.9 Å². The average molecular weight is 248 g/mol. The van der Waals surface area contributed by atoms with Crippen LogP contribution in [0.25, 0.3) is 0 Å². The summed E-state index contributed by atoms with van der Waals surface area (Å²) in [6.45, 7) is 6.72.